The van der Waals surface area contributed by atoms with Crippen molar-refractivity contribution in [1.82, 2.24) is 10.2 Å². The molecule has 2 bridgehead atoms. The molecule has 3 aliphatic rings. The summed E-state index contributed by atoms with van der Waals surface area (Å²) in [6, 6.07) is 8.42. The van der Waals surface area contributed by atoms with Crippen LogP contribution in [0.25, 0.3) is 0 Å². The van der Waals surface area contributed by atoms with Crippen molar-refractivity contribution in [3.8, 4) is 0 Å². The number of thioether (sulfide) groups is 1. The molecule has 0 radical (unpaired) electrons. The fourth-order valence-corrected chi connectivity index (χ4v) is 7.95. The number of esters is 1. The second-order valence-electron chi connectivity index (χ2n) is 9.25. The molecule has 0 aromatic heterocycles. The average molecular weight is 461 g/mol. The molecule has 2 unspecified atom stereocenters. The van der Waals surface area contributed by atoms with E-state index >= 15 is 0 Å². The summed E-state index contributed by atoms with van der Waals surface area (Å²) >= 11 is 1.61. The van der Waals surface area contributed by atoms with Crippen LogP contribution in [-0.2, 0) is 25.7 Å². The molecule has 3 heterocycles. The largest absolute Gasteiger partial charge is 0.466 e. The molecule has 1 aromatic rings. The standard InChI is InChI=1S/C24H32N2O5S/c1-4-31-23(30)18-17-10-11-24(32-17)19(18)22(29)26(16(13-27)14(2)3)20(24)21(28)25-12-15-8-6-5-7-9-15/h5-9,14,16-20,27H,4,10-13H2,1-3H3,(H,25,28)/t16-,17+,18-,19-,20?,24?/m0/s1. The van der Waals surface area contributed by atoms with E-state index in [1.165, 1.54) is 0 Å². The lowest BCUT2D eigenvalue weighted by atomic mass is 9.71. The van der Waals surface area contributed by atoms with E-state index in [9.17, 15) is 19.5 Å². The Morgan fingerprint density at radius 1 is 1.31 bits per heavy atom. The topological polar surface area (TPSA) is 95.9 Å². The Labute approximate surface area is 193 Å². The molecule has 2 N–H and O–H groups in total. The number of fused-ring (bicyclic) bond motifs is 1. The van der Waals surface area contributed by atoms with Crippen LogP contribution in [-0.4, -0.2) is 63.1 Å². The maximum absolute atomic E-state index is 13.8. The van der Waals surface area contributed by atoms with Gasteiger partial charge < -0.3 is 20.1 Å². The highest BCUT2D eigenvalue weighted by molar-refractivity contribution is 8.02. The Bertz CT molecular complexity index is 878. The predicted molar refractivity (Wildman–Crippen MR) is 122 cm³/mol. The normalized spacial score (nSPS) is 31.7. The van der Waals surface area contributed by atoms with E-state index in [2.05, 4.69) is 5.32 Å². The van der Waals surface area contributed by atoms with Crippen molar-refractivity contribution < 1.29 is 24.2 Å². The van der Waals surface area contributed by atoms with Gasteiger partial charge in [-0.3, -0.25) is 14.4 Å². The molecule has 7 nitrogen and oxygen atoms in total. The van der Waals surface area contributed by atoms with Gasteiger partial charge in [-0.05, 0) is 31.2 Å². The van der Waals surface area contributed by atoms with Gasteiger partial charge in [-0.2, -0.15) is 0 Å². The van der Waals surface area contributed by atoms with Gasteiger partial charge in [0.05, 0.1) is 35.8 Å². The zero-order valence-corrected chi connectivity index (χ0v) is 19.6. The summed E-state index contributed by atoms with van der Waals surface area (Å²) in [6.45, 7) is 6.03. The maximum Gasteiger partial charge on any atom is 0.310 e. The number of aliphatic hydroxyl groups is 1. The van der Waals surface area contributed by atoms with E-state index in [-0.39, 0.29) is 42.2 Å². The van der Waals surface area contributed by atoms with Gasteiger partial charge in [-0.25, -0.2) is 0 Å². The molecule has 2 amide bonds. The van der Waals surface area contributed by atoms with Gasteiger partial charge in [0.1, 0.15) is 6.04 Å². The van der Waals surface area contributed by atoms with Crippen molar-refractivity contribution in [2.45, 2.75) is 62.2 Å². The van der Waals surface area contributed by atoms with Crippen molar-refractivity contribution in [3.05, 3.63) is 35.9 Å². The number of hydrogen-bond acceptors (Lipinski definition) is 6. The molecule has 4 rings (SSSR count). The van der Waals surface area contributed by atoms with Crippen LogP contribution < -0.4 is 5.32 Å². The zero-order valence-electron chi connectivity index (χ0n) is 18.8. The van der Waals surface area contributed by atoms with Crippen LogP contribution in [0.1, 0.15) is 39.2 Å². The summed E-state index contributed by atoms with van der Waals surface area (Å²) in [7, 11) is 0. The summed E-state index contributed by atoms with van der Waals surface area (Å²) in [5.41, 5.74) is 0.973. The van der Waals surface area contributed by atoms with Gasteiger partial charge in [0.2, 0.25) is 11.8 Å². The molecule has 32 heavy (non-hydrogen) atoms. The minimum atomic E-state index is -0.724. The first-order valence-corrected chi connectivity index (χ1v) is 12.3. The highest BCUT2D eigenvalue weighted by atomic mass is 32.2. The number of hydrogen-bond donors (Lipinski definition) is 2. The van der Waals surface area contributed by atoms with E-state index in [0.29, 0.717) is 13.0 Å². The Balaban J connectivity index is 1.69. The van der Waals surface area contributed by atoms with Crippen LogP contribution in [0.15, 0.2) is 30.3 Å². The van der Waals surface area contributed by atoms with Crippen LogP contribution in [0.3, 0.4) is 0 Å². The SMILES string of the molecule is CCOC(=O)[C@@H]1[C@H]2C(=O)N([C@@H](CO)C(C)C)C(C(=O)NCc3ccccc3)C23CC[C@H]1S3. The number of likely N-dealkylation sites (tertiary alicyclic amines) is 1. The highest BCUT2D eigenvalue weighted by Crippen LogP contribution is 2.66. The number of rotatable bonds is 8. The molecular weight excluding hydrogens is 428 g/mol. The number of benzene rings is 1. The summed E-state index contributed by atoms with van der Waals surface area (Å²) < 4.78 is 4.66. The number of amides is 2. The van der Waals surface area contributed by atoms with Crippen LogP contribution in [0, 0.1) is 17.8 Å². The van der Waals surface area contributed by atoms with E-state index < -0.39 is 28.7 Å². The van der Waals surface area contributed by atoms with Gasteiger partial charge >= 0.3 is 5.97 Å². The fourth-order valence-electron chi connectivity index (χ4n) is 5.76. The molecule has 3 fully saturated rings. The third kappa shape index (κ3) is 3.61. The Hall–Kier alpha value is -2.06. The van der Waals surface area contributed by atoms with Crippen molar-refractivity contribution in [2.75, 3.05) is 13.2 Å². The van der Waals surface area contributed by atoms with Crippen LogP contribution in [0.2, 0.25) is 0 Å². The van der Waals surface area contributed by atoms with E-state index in [4.69, 9.17) is 4.74 Å². The summed E-state index contributed by atoms with van der Waals surface area (Å²) in [5.74, 6) is -1.94. The summed E-state index contributed by atoms with van der Waals surface area (Å²) in [6.07, 6.45) is 1.48. The van der Waals surface area contributed by atoms with Crippen molar-refractivity contribution in [2.24, 2.45) is 17.8 Å². The van der Waals surface area contributed by atoms with Gasteiger partial charge in [-0.1, -0.05) is 44.2 Å². The van der Waals surface area contributed by atoms with Crippen molar-refractivity contribution >= 4 is 29.5 Å². The second-order valence-corrected chi connectivity index (χ2v) is 10.9. The minimum Gasteiger partial charge on any atom is -0.466 e. The van der Waals surface area contributed by atoms with Crippen molar-refractivity contribution in [3.63, 3.8) is 0 Å². The monoisotopic (exact) mass is 460 g/mol. The number of carbonyl (C=O) groups is 3. The molecule has 174 valence electrons. The molecule has 1 aromatic carbocycles. The highest BCUT2D eigenvalue weighted by Gasteiger charge is 2.74. The van der Waals surface area contributed by atoms with Crippen LogP contribution in [0.4, 0.5) is 0 Å². The molecular formula is C24H32N2O5S. The number of ether oxygens (including phenoxy) is 1. The fraction of sp³-hybridized carbons (Fsp3) is 0.625. The Morgan fingerprint density at radius 2 is 2.03 bits per heavy atom. The lowest BCUT2D eigenvalue weighted by Gasteiger charge is -2.38. The van der Waals surface area contributed by atoms with Gasteiger partial charge in [0.25, 0.3) is 0 Å². The molecule has 3 saturated heterocycles. The maximum atomic E-state index is 13.8. The second kappa shape index (κ2) is 9.06. The van der Waals surface area contributed by atoms with Gasteiger partial charge in [-0.15, -0.1) is 11.8 Å². The average Bonchev–Trinajstić information content (AvgIpc) is 3.41. The molecule has 1 spiro atoms. The lowest BCUT2D eigenvalue weighted by Crippen LogP contribution is -2.57. The molecule has 6 atom stereocenters. The third-order valence-corrected chi connectivity index (χ3v) is 9.12. The number of nitrogens with zero attached hydrogens (tertiary/aromatic N) is 1. The van der Waals surface area contributed by atoms with E-state index in [1.54, 1.807) is 23.6 Å². The number of carbonyl (C=O) groups excluding carboxylic acids is 3. The predicted octanol–water partition coefficient (Wildman–Crippen LogP) is 1.97. The first-order chi connectivity index (χ1) is 15.4. The zero-order chi connectivity index (χ0) is 23.0. The van der Waals surface area contributed by atoms with E-state index in [0.717, 1.165) is 12.0 Å². The lowest BCUT2D eigenvalue weighted by molar-refractivity contribution is -0.154. The molecule has 0 aliphatic carbocycles. The van der Waals surface area contributed by atoms with Crippen LogP contribution >= 0.6 is 11.8 Å². The number of nitrogens with one attached hydrogen (secondary N) is 1. The molecule has 3 aliphatic heterocycles. The first kappa shape index (κ1) is 23.1. The number of aliphatic hydroxyl groups excluding tert-OH is 1. The Morgan fingerprint density at radius 3 is 2.66 bits per heavy atom. The minimum absolute atomic E-state index is 0.0128. The summed E-state index contributed by atoms with van der Waals surface area (Å²) in [4.78, 5) is 41.9. The molecule has 0 saturated carbocycles. The van der Waals surface area contributed by atoms with Crippen LogP contribution in [0.5, 0.6) is 0 Å². The Kier molecular flexibility index (Phi) is 6.54. The summed E-state index contributed by atoms with van der Waals surface area (Å²) in [5, 5.41) is 13.2. The third-order valence-electron chi connectivity index (χ3n) is 7.17. The van der Waals surface area contributed by atoms with E-state index in [1.807, 2.05) is 44.2 Å². The van der Waals surface area contributed by atoms with Gasteiger partial charge in [0, 0.05) is 11.8 Å². The smallest absolute Gasteiger partial charge is 0.310 e. The van der Waals surface area contributed by atoms with Gasteiger partial charge in [0.15, 0.2) is 0 Å². The quantitative estimate of drug-likeness (QED) is 0.576. The first-order valence-electron chi connectivity index (χ1n) is 11.4. The molecule has 8 heteroatoms. The van der Waals surface area contributed by atoms with Crippen molar-refractivity contribution in [1.29, 1.82) is 0 Å².